The standard InChI is InChI=1S/C10H12N2O/c11-5-4-9-2-1-3-10(8-9)12-6-7-13/h1-3,8,12-13H,4,6-7H2. The second-order valence-corrected chi connectivity index (χ2v) is 2.69. The molecule has 68 valence electrons. The predicted octanol–water partition coefficient (Wildman–Crippen LogP) is 1.16. The van der Waals surface area contributed by atoms with E-state index in [4.69, 9.17) is 10.4 Å². The van der Waals surface area contributed by atoms with E-state index in [2.05, 4.69) is 11.4 Å². The van der Waals surface area contributed by atoms with Crippen molar-refractivity contribution in [2.24, 2.45) is 0 Å². The van der Waals surface area contributed by atoms with E-state index >= 15 is 0 Å². The van der Waals surface area contributed by atoms with E-state index in [9.17, 15) is 0 Å². The molecule has 0 saturated carbocycles. The van der Waals surface area contributed by atoms with Gasteiger partial charge in [0.25, 0.3) is 0 Å². The first-order chi connectivity index (χ1) is 6.36. The number of nitrogens with one attached hydrogen (secondary N) is 1. The summed E-state index contributed by atoms with van der Waals surface area (Å²) < 4.78 is 0. The molecule has 0 heterocycles. The average molecular weight is 176 g/mol. The van der Waals surface area contributed by atoms with Crippen LogP contribution in [0.2, 0.25) is 0 Å². The van der Waals surface area contributed by atoms with Gasteiger partial charge in [-0.2, -0.15) is 5.26 Å². The molecule has 3 heteroatoms. The first kappa shape index (κ1) is 9.56. The second-order valence-electron chi connectivity index (χ2n) is 2.69. The van der Waals surface area contributed by atoms with Gasteiger partial charge in [0.1, 0.15) is 0 Å². The molecule has 0 aliphatic heterocycles. The van der Waals surface area contributed by atoms with Crippen molar-refractivity contribution in [3.8, 4) is 6.07 Å². The SMILES string of the molecule is N#CCc1cccc(NCCO)c1. The van der Waals surface area contributed by atoms with E-state index in [1.807, 2.05) is 24.3 Å². The van der Waals surface area contributed by atoms with Crippen molar-refractivity contribution in [3.63, 3.8) is 0 Å². The topological polar surface area (TPSA) is 56.0 Å². The number of nitriles is 1. The molecule has 1 rings (SSSR count). The molecule has 0 spiro atoms. The second kappa shape index (κ2) is 5.18. The summed E-state index contributed by atoms with van der Waals surface area (Å²) in [5.41, 5.74) is 1.94. The van der Waals surface area contributed by atoms with Crippen molar-refractivity contribution in [2.75, 3.05) is 18.5 Å². The van der Waals surface area contributed by atoms with E-state index in [0.29, 0.717) is 13.0 Å². The van der Waals surface area contributed by atoms with Crippen LogP contribution in [0.25, 0.3) is 0 Å². The van der Waals surface area contributed by atoms with E-state index in [-0.39, 0.29) is 6.61 Å². The van der Waals surface area contributed by atoms with Crippen molar-refractivity contribution in [2.45, 2.75) is 6.42 Å². The lowest BCUT2D eigenvalue weighted by Gasteiger charge is -2.04. The molecular weight excluding hydrogens is 164 g/mol. The summed E-state index contributed by atoms with van der Waals surface area (Å²) in [5, 5.41) is 20.1. The Bertz CT molecular complexity index is 304. The lowest BCUT2D eigenvalue weighted by Crippen LogP contribution is -2.05. The Morgan fingerprint density at radius 2 is 2.31 bits per heavy atom. The first-order valence-electron chi connectivity index (χ1n) is 4.17. The van der Waals surface area contributed by atoms with Gasteiger partial charge in [-0.05, 0) is 17.7 Å². The third-order valence-electron chi connectivity index (χ3n) is 1.65. The van der Waals surface area contributed by atoms with Crippen LogP contribution < -0.4 is 5.32 Å². The highest BCUT2D eigenvalue weighted by molar-refractivity contribution is 5.46. The Balaban J connectivity index is 2.63. The lowest BCUT2D eigenvalue weighted by atomic mass is 10.1. The minimum absolute atomic E-state index is 0.114. The van der Waals surface area contributed by atoms with Gasteiger partial charge < -0.3 is 10.4 Å². The summed E-state index contributed by atoms with van der Waals surface area (Å²) in [4.78, 5) is 0. The zero-order chi connectivity index (χ0) is 9.52. The van der Waals surface area contributed by atoms with Crippen LogP contribution in [0.3, 0.4) is 0 Å². The first-order valence-corrected chi connectivity index (χ1v) is 4.17. The average Bonchev–Trinajstić information content (AvgIpc) is 2.16. The molecule has 1 aromatic rings. The van der Waals surface area contributed by atoms with Crippen LogP contribution >= 0.6 is 0 Å². The van der Waals surface area contributed by atoms with E-state index in [1.54, 1.807) is 0 Å². The van der Waals surface area contributed by atoms with Crippen molar-refractivity contribution in [1.29, 1.82) is 5.26 Å². The molecule has 0 amide bonds. The maximum absolute atomic E-state index is 8.59. The Labute approximate surface area is 77.6 Å². The molecule has 0 saturated heterocycles. The van der Waals surface area contributed by atoms with Gasteiger partial charge >= 0.3 is 0 Å². The number of hydrogen-bond donors (Lipinski definition) is 2. The van der Waals surface area contributed by atoms with Gasteiger partial charge in [0.2, 0.25) is 0 Å². The zero-order valence-corrected chi connectivity index (χ0v) is 7.33. The molecule has 0 fully saturated rings. The van der Waals surface area contributed by atoms with Crippen LogP contribution in [0.4, 0.5) is 5.69 Å². The van der Waals surface area contributed by atoms with Gasteiger partial charge in [-0.3, -0.25) is 0 Å². The number of anilines is 1. The molecule has 1 aromatic carbocycles. The van der Waals surface area contributed by atoms with Gasteiger partial charge in [0, 0.05) is 12.2 Å². The molecule has 13 heavy (non-hydrogen) atoms. The fraction of sp³-hybridized carbons (Fsp3) is 0.300. The number of nitrogens with zero attached hydrogens (tertiary/aromatic N) is 1. The highest BCUT2D eigenvalue weighted by Gasteiger charge is 1.93. The highest BCUT2D eigenvalue weighted by Crippen LogP contribution is 2.10. The van der Waals surface area contributed by atoms with Gasteiger partial charge in [-0.15, -0.1) is 0 Å². The minimum Gasteiger partial charge on any atom is -0.395 e. The van der Waals surface area contributed by atoms with Crippen molar-refractivity contribution >= 4 is 5.69 Å². The number of hydrogen-bond acceptors (Lipinski definition) is 3. The summed E-state index contributed by atoms with van der Waals surface area (Å²) in [6.45, 7) is 0.651. The fourth-order valence-electron chi connectivity index (χ4n) is 1.08. The number of aliphatic hydroxyl groups is 1. The van der Waals surface area contributed by atoms with E-state index < -0.39 is 0 Å². The van der Waals surface area contributed by atoms with Crippen molar-refractivity contribution in [3.05, 3.63) is 29.8 Å². The Morgan fingerprint density at radius 3 is 3.00 bits per heavy atom. The largest absolute Gasteiger partial charge is 0.395 e. The van der Waals surface area contributed by atoms with Crippen molar-refractivity contribution in [1.82, 2.24) is 0 Å². The summed E-state index contributed by atoms with van der Waals surface area (Å²) in [6.07, 6.45) is 0.425. The molecule has 0 aliphatic rings. The fourth-order valence-corrected chi connectivity index (χ4v) is 1.08. The lowest BCUT2D eigenvalue weighted by molar-refractivity contribution is 0.311. The van der Waals surface area contributed by atoms with E-state index in [1.165, 1.54) is 0 Å². The van der Waals surface area contributed by atoms with E-state index in [0.717, 1.165) is 11.3 Å². The molecule has 3 nitrogen and oxygen atoms in total. The Kier molecular flexibility index (Phi) is 3.80. The molecule has 0 aliphatic carbocycles. The molecule has 0 aromatic heterocycles. The molecule has 2 N–H and O–H groups in total. The monoisotopic (exact) mass is 176 g/mol. The maximum Gasteiger partial charge on any atom is 0.0669 e. The summed E-state index contributed by atoms with van der Waals surface area (Å²) in [6, 6.07) is 9.72. The highest BCUT2D eigenvalue weighted by atomic mass is 16.3. The number of aliphatic hydroxyl groups excluding tert-OH is 1. The van der Waals surface area contributed by atoms with Gasteiger partial charge in [-0.25, -0.2) is 0 Å². The van der Waals surface area contributed by atoms with Crippen LogP contribution in [0, 0.1) is 11.3 Å². The molecular formula is C10H12N2O. The summed E-state index contributed by atoms with van der Waals surface area (Å²) in [5.74, 6) is 0. The third kappa shape index (κ3) is 3.14. The minimum atomic E-state index is 0.114. The molecule has 0 unspecified atom stereocenters. The van der Waals surface area contributed by atoms with Crippen LogP contribution in [0.1, 0.15) is 5.56 Å². The van der Waals surface area contributed by atoms with Crippen LogP contribution in [-0.4, -0.2) is 18.3 Å². The van der Waals surface area contributed by atoms with Crippen LogP contribution in [0.5, 0.6) is 0 Å². The van der Waals surface area contributed by atoms with Gasteiger partial charge in [-0.1, -0.05) is 12.1 Å². The summed E-state index contributed by atoms with van der Waals surface area (Å²) in [7, 11) is 0. The molecule has 0 atom stereocenters. The normalized spacial score (nSPS) is 9.23. The Morgan fingerprint density at radius 1 is 1.46 bits per heavy atom. The molecule has 0 bridgehead atoms. The smallest absolute Gasteiger partial charge is 0.0669 e. The van der Waals surface area contributed by atoms with Gasteiger partial charge in [0.05, 0.1) is 19.1 Å². The third-order valence-corrected chi connectivity index (χ3v) is 1.65. The predicted molar refractivity (Wildman–Crippen MR) is 51.3 cm³/mol. The van der Waals surface area contributed by atoms with Crippen LogP contribution in [-0.2, 0) is 6.42 Å². The number of rotatable bonds is 4. The molecule has 0 radical (unpaired) electrons. The number of benzene rings is 1. The Hall–Kier alpha value is -1.53. The maximum atomic E-state index is 8.59. The zero-order valence-electron chi connectivity index (χ0n) is 7.33. The van der Waals surface area contributed by atoms with Crippen LogP contribution in [0.15, 0.2) is 24.3 Å². The van der Waals surface area contributed by atoms with Gasteiger partial charge in [0.15, 0.2) is 0 Å². The summed E-state index contributed by atoms with van der Waals surface area (Å²) >= 11 is 0. The van der Waals surface area contributed by atoms with Crippen molar-refractivity contribution < 1.29 is 5.11 Å². The quantitative estimate of drug-likeness (QED) is 0.723.